The number of carbonyl (C=O) groups excluding carboxylic acids is 2. The molecule has 0 aliphatic carbocycles. The van der Waals surface area contributed by atoms with Crippen molar-refractivity contribution < 1.29 is 19.1 Å². The third-order valence-electron chi connectivity index (χ3n) is 4.30. The number of amides is 2. The van der Waals surface area contributed by atoms with E-state index in [2.05, 4.69) is 38.3 Å². The lowest BCUT2D eigenvalue weighted by atomic mass is 10.1. The van der Waals surface area contributed by atoms with Gasteiger partial charge in [0.05, 0.1) is 13.7 Å². The summed E-state index contributed by atoms with van der Waals surface area (Å²) in [7, 11) is 1.56. The Morgan fingerprint density at radius 1 is 0.966 bits per heavy atom. The maximum absolute atomic E-state index is 12.7. The first-order valence-electron chi connectivity index (χ1n) is 10.4. The van der Waals surface area contributed by atoms with Crippen LogP contribution in [0.25, 0.3) is 6.08 Å². The van der Waals surface area contributed by atoms with Crippen LogP contribution in [0, 0.1) is 11.8 Å². The van der Waals surface area contributed by atoms with Crippen LogP contribution in [0.3, 0.4) is 0 Å². The normalized spacial score (nSPS) is 10.6. The van der Waals surface area contributed by atoms with E-state index in [1.165, 1.54) is 0 Å². The molecular weight excluding hydrogens is 368 g/mol. The highest BCUT2D eigenvalue weighted by atomic mass is 16.5. The average molecular weight is 405 g/mol. The molecule has 1 rings (SSSR count). The minimum absolute atomic E-state index is 0.0868. The molecule has 6 heteroatoms. The van der Waals surface area contributed by atoms with Crippen molar-refractivity contribution >= 4 is 17.9 Å². The predicted molar refractivity (Wildman–Crippen MR) is 117 cm³/mol. The number of nitrogens with one attached hydrogen (secondary N) is 2. The second kappa shape index (κ2) is 12.9. The van der Waals surface area contributed by atoms with Gasteiger partial charge in [0.25, 0.3) is 11.8 Å². The largest absolute Gasteiger partial charge is 0.493 e. The summed E-state index contributed by atoms with van der Waals surface area (Å²) in [6, 6.07) is 5.34. The molecule has 0 unspecified atom stereocenters. The molecule has 0 radical (unpaired) electrons. The SMILES string of the molecule is CCOc1ccc(C=C(C(=O)NCCC(C)C)C(=O)NCCC(C)C)cc1OC. The molecule has 0 spiro atoms. The van der Waals surface area contributed by atoms with E-state index in [9.17, 15) is 9.59 Å². The van der Waals surface area contributed by atoms with Crippen molar-refractivity contribution in [3.63, 3.8) is 0 Å². The molecule has 29 heavy (non-hydrogen) atoms. The van der Waals surface area contributed by atoms with Crippen LogP contribution in [-0.4, -0.2) is 38.6 Å². The molecule has 1 aromatic carbocycles. The number of carbonyl (C=O) groups is 2. The molecule has 0 atom stereocenters. The lowest BCUT2D eigenvalue weighted by Crippen LogP contribution is -2.36. The molecule has 0 saturated heterocycles. The zero-order valence-electron chi connectivity index (χ0n) is 18.6. The first-order chi connectivity index (χ1) is 13.8. The van der Waals surface area contributed by atoms with Gasteiger partial charge in [0.15, 0.2) is 11.5 Å². The van der Waals surface area contributed by atoms with Crippen LogP contribution in [0.4, 0.5) is 0 Å². The number of benzene rings is 1. The molecular formula is C23H36N2O4. The van der Waals surface area contributed by atoms with E-state index in [0.29, 0.717) is 48.6 Å². The molecule has 0 bridgehead atoms. The molecule has 0 fully saturated rings. The van der Waals surface area contributed by atoms with Gasteiger partial charge in [0.2, 0.25) is 0 Å². The summed E-state index contributed by atoms with van der Waals surface area (Å²) in [6.07, 6.45) is 3.30. The van der Waals surface area contributed by atoms with E-state index >= 15 is 0 Å². The second-order valence-electron chi connectivity index (χ2n) is 7.78. The molecule has 0 saturated carbocycles. The van der Waals surface area contributed by atoms with E-state index in [4.69, 9.17) is 9.47 Å². The van der Waals surface area contributed by atoms with Gasteiger partial charge in [-0.3, -0.25) is 9.59 Å². The predicted octanol–water partition coefficient (Wildman–Crippen LogP) is 3.80. The number of ether oxygens (including phenoxy) is 2. The van der Waals surface area contributed by atoms with Gasteiger partial charge in [0.1, 0.15) is 5.57 Å². The van der Waals surface area contributed by atoms with Crippen molar-refractivity contribution in [1.29, 1.82) is 0 Å². The molecule has 2 amide bonds. The fourth-order valence-corrected chi connectivity index (χ4v) is 2.59. The first-order valence-corrected chi connectivity index (χ1v) is 10.4. The number of hydrogen-bond acceptors (Lipinski definition) is 4. The van der Waals surface area contributed by atoms with E-state index in [0.717, 1.165) is 12.8 Å². The second-order valence-corrected chi connectivity index (χ2v) is 7.78. The van der Waals surface area contributed by atoms with Crippen LogP contribution in [0.2, 0.25) is 0 Å². The molecule has 0 aromatic heterocycles. The quantitative estimate of drug-likeness (QED) is 0.316. The van der Waals surface area contributed by atoms with Crippen molar-refractivity contribution in [2.75, 3.05) is 26.8 Å². The van der Waals surface area contributed by atoms with Crippen molar-refractivity contribution in [3.8, 4) is 11.5 Å². The summed E-state index contributed by atoms with van der Waals surface area (Å²) in [4.78, 5) is 25.4. The summed E-state index contributed by atoms with van der Waals surface area (Å²) >= 11 is 0. The first kappa shape index (κ1) is 24.5. The summed E-state index contributed by atoms with van der Waals surface area (Å²) in [5.74, 6) is 1.37. The summed E-state index contributed by atoms with van der Waals surface area (Å²) in [6.45, 7) is 11.8. The Bertz CT molecular complexity index is 668. The highest BCUT2D eigenvalue weighted by molar-refractivity contribution is 6.21. The average Bonchev–Trinajstić information content (AvgIpc) is 2.66. The fraction of sp³-hybridized carbons (Fsp3) is 0.565. The Morgan fingerprint density at radius 3 is 1.97 bits per heavy atom. The Labute approximate surface area is 175 Å². The Balaban J connectivity index is 3.07. The third-order valence-corrected chi connectivity index (χ3v) is 4.30. The van der Waals surface area contributed by atoms with E-state index in [1.807, 2.05) is 6.92 Å². The van der Waals surface area contributed by atoms with Gasteiger partial charge in [-0.15, -0.1) is 0 Å². The number of methoxy groups -OCH3 is 1. The zero-order valence-corrected chi connectivity index (χ0v) is 18.6. The lowest BCUT2D eigenvalue weighted by molar-refractivity contribution is -0.123. The smallest absolute Gasteiger partial charge is 0.256 e. The maximum atomic E-state index is 12.7. The highest BCUT2D eigenvalue weighted by Gasteiger charge is 2.18. The van der Waals surface area contributed by atoms with E-state index in [-0.39, 0.29) is 17.4 Å². The summed E-state index contributed by atoms with van der Waals surface area (Å²) in [5, 5.41) is 5.70. The fourth-order valence-electron chi connectivity index (χ4n) is 2.59. The van der Waals surface area contributed by atoms with E-state index in [1.54, 1.807) is 31.4 Å². The third kappa shape index (κ3) is 9.03. The summed E-state index contributed by atoms with van der Waals surface area (Å²) in [5.41, 5.74) is 0.780. The van der Waals surface area contributed by atoms with Crippen LogP contribution in [-0.2, 0) is 9.59 Å². The van der Waals surface area contributed by atoms with Crippen molar-refractivity contribution in [2.45, 2.75) is 47.5 Å². The summed E-state index contributed by atoms with van der Waals surface area (Å²) < 4.78 is 10.9. The van der Waals surface area contributed by atoms with Crippen molar-refractivity contribution in [2.24, 2.45) is 11.8 Å². The van der Waals surface area contributed by atoms with Crippen LogP contribution < -0.4 is 20.1 Å². The van der Waals surface area contributed by atoms with Gasteiger partial charge in [0, 0.05) is 13.1 Å². The van der Waals surface area contributed by atoms with Crippen LogP contribution in [0.1, 0.15) is 53.0 Å². The molecule has 0 aliphatic heterocycles. The number of rotatable bonds is 12. The lowest BCUT2D eigenvalue weighted by Gasteiger charge is -2.13. The van der Waals surface area contributed by atoms with Gasteiger partial charge in [-0.2, -0.15) is 0 Å². The molecule has 1 aromatic rings. The minimum Gasteiger partial charge on any atom is -0.493 e. The molecule has 6 nitrogen and oxygen atoms in total. The Morgan fingerprint density at radius 2 is 1.52 bits per heavy atom. The topological polar surface area (TPSA) is 76.7 Å². The van der Waals surface area contributed by atoms with Crippen LogP contribution in [0.15, 0.2) is 23.8 Å². The number of hydrogen-bond donors (Lipinski definition) is 2. The standard InChI is InChI=1S/C23H36N2O4/c1-7-29-20-9-8-18(15-21(20)28-6)14-19(22(26)24-12-10-16(2)3)23(27)25-13-11-17(4)5/h8-9,14-17H,7,10-13H2,1-6H3,(H,24,26)(H,25,27). The van der Waals surface area contributed by atoms with Crippen LogP contribution >= 0.6 is 0 Å². The minimum atomic E-state index is -0.374. The van der Waals surface area contributed by atoms with Crippen molar-refractivity contribution in [1.82, 2.24) is 10.6 Å². The van der Waals surface area contributed by atoms with Gasteiger partial charge in [-0.25, -0.2) is 0 Å². The van der Waals surface area contributed by atoms with E-state index < -0.39 is 0 Å². The monoisotopic (exact) mass is 404 g/mol. The zero-order chi connectivity index (χ0) is 21.8. The molecule has 162 valence electrons. The van der Waals surface area contributed by atoms with Crippen molar-refractivity contribution in [3.05, 3.63) is 29.3 Å². The van der Waals surface area contributed by atoms with Gasteiger partial charge in [-0.1, -0.05) is 33.8 Å². The van der Waals surface area contributed by atoms with Gasteiger partial charge in [-0.05, 0) is 55.4 Å². The Kier molecular flexibility index (Phi) is 10.9. The molecule has 0 aliphatic rings. The highest BCUT2D eigenvalue weighted by Crippen LogP contribution is 2.29. The molecule has 0 heterocycles. The van der Waals surface area contributed by atoms with Crippen LogP contribution in [0.5, 0.6) is 11.5 Å². The van der Waals surface area contributed by atoms with Gasteiger partial charge >= 0.3 is 0 Å². The maximum Gasteiger partial charge on any atom is 0.256 e. The Hall–Kier alpha value is -2.50. The van der Waals surface area contributed by atoms with Gasteiger partial charge < -0.3 is 20.1 Å². The molecule has 2 N–H and O–H groups in total.